The summed E-state index contributed by atoms with van der Waals surface area (Å²) in [7, 11) is 0. The van der Waals surface area contributed by atoms with Crippen molar-refractivity contribution in [3.8, 4) is 5.75 Å². The molecule has 0 aromatic heterocycles. The molecule has 2 aromatic carbocycles. The first-order valence-electron chi connectivity index (χ1n) is 7.99. The van der Waals surface area contributed by atoms with E-state index in [0.29, 0.717) is 17.9 Å². The SMILES string of the molecule is CC(C)Oc1ccc(N2C(=O)NC(Cc3ccccc3)C2=O)cc1. The molecule has 2 aromatic rings. The molecule has 3 rings (SSSR count). The van der Waals surface area contributed by atoms with Crippen molar-refractivity contribution in [2.24, 2.45) is 0 Å². The van der Waals surface area contributed by atoms with Gasteiger partial charge in [-0.2, -0.15) is 0 Å². The summed E-state index contributed by atoms with van der Waals surface area (Å²) in [6, 6.07) is 15.7. The minimum Gasteiger partial charge on any atom is -0.491 e. The molecule has 3 amide bonds. The van der Waals surface area contributed by atoms with Gasteiger partial charge >= 0.3 is 6.03 Å². The molecule has 0 spiro atoms. The molecule has 1 unspecified atom stereocenters. The number of rotatable bonds is 5. The van der Waals surface area contributed by atoms with Crippen molar-refractivity contribution in [3.63, 3.8) is 0 Å². The van der Waals surface area contributed by atoms with Crippen LogP contribution in [-0.4, -0.2) is 24.1 Å². The Morgan fingerprint density at radius 2 is 1.71 bits per heavy atom. The largest absolute Gasteiger partial charge is 0.491 e. The van der Waals surface area contributed by atoms with Crippen LogP contribution in [0.4, 0.5) is 10.5 Å². The Morgan fingerprint density at radius 1 is 1.04 bits per heavy atom. The molecule has 1 atom stereocenters. The average Bonchev–Trinajstić information content (AvgIpc) is 2.83. The van der Waals surface area contributed by atoms with Gasteiger partial charge in [-0.25, -0.2) is 9.69 Å². The highest BCUT2D eigenvalue weighted by Crippen LogP contribution is 2.24. The molecule has 5 nitrogen and oxygen atoms in total. The molecule has 0 bridgehead atoms. The summed E-state index contributed by atoms with van der Waals surface area (Å²) in [5.74, 6) is 0.475. The van der Waals surface area contributed by atoms with E-state index in [1.165, 1.54) is 4.90 Å². The van der Waals surface area contributed by atoms with Gasteiger partial charge in [0.2, 0.25) is 0 Å². The van der Waals surface area contributed by atoms with E-state index in [9.17, 15) is 9.59 Å². The number of carbonyl (C=O) groups excluding carboxylic acids is 2. The summed E-state index contributed by atoms with van der Waals surface area (Å²) >= 11 is 0. The Hall–Kier alpha value is -2.82. The molecule has 1 saturated heterocycles. The predicted octanol–water partition coefficient (Wildman–Crippen LogP) is 3.14. The van der Waals surface area contributed by atoms with Crippen LogP contribution in [0, 0.1) is 0 Å². The van der Waals surface area contributed by atoms with E-state index in [4.69, 9.17) is 4.74 Å². The Balaban J connectivity index is 1.74. The number of ether oxygens (including phenoxy) is 1. The average molecular weight is 324 g/mol. The van der Waals surface area contributed by atoms with E-state index in [2.05, 4.69) is 5.32 Å². The number of nitrogens with one attached hydrogen (secondary N) is 1. The zero-order valence-electron chi connectivity index (χ0n) is 13.7. The molecule has 124 valence electrons. The number of amides is 3. The van der Waals surface area contributed by atoms with Crippen molar-refractivity contribution in [1.82, 2.24) is 5.32 Å². The van der Waals surface area contributed by atoms with E-state index in [-0.39, 0.29) is 12.0 Å². The molecular weight excluding hydrogens is 304 g/mol. The van der Waals surface area contributed by atoms with Crippen LogP contribution in [-0.2, 0) is 11.2 Å². The maximum absolute atomic E-state index is 12.6. The minimum absolute atomic E-state index is 0.0721. The van der Waals surface area contributed by atoms with Crippen LogP contribution in [0.25, 0.3) is 0 Å². The third-order valence-corrected chi connectivity index (χ3v) is 3.77. The molecule has 0 radical (unpaired) electrons. The van der Waals surface area contributed by atoms with Crippen LogP contribution in [0.3, 0.4) is 0 Å². The van der Waals surface area contributed by atoms with Gasteiger partial charge in [0.05, 0.1) is 11.8 Å². The first-order valence-corrected chi connectivity index (χ1v) is 7.99. The first kappa shape index (κ1) is 16.1. The quantitative estimate of drug-likeness (QED) is 0.860. The fourth-order valence-corrected chi connectivity index (χ4v) is 2.71. The molecule has 1 aliphatic rings. The van der Waals surface area contributed by atoms with Gasteiger partial charge in [-0.05, 0) is 43.7 Å². The topological polar surface area (TPSA) is 58.6 Å². The molecule has 1 N–H and O–H groups in total. The van der Waals surface area contributed by atoms with Crippen molar-refractivity contribution < 1.29 is 14.3 Å². The summed E-state index contributed by atoms with van der Waals surface area (Å²) in [6.07, 6.45) is 0.555. The third kappa shape index (κ3) is 3.40. The Labute approximate surface area is 141 Å². The Bertz CT molecular complexity index is 726. The second-order valence-electron chi connectivity index (χ2n) is 6.03. The number of imide groups is 1. The van der Waals surface area contributed by atoms with E-state index in [1.54, 1.807) is 24.3 Å². The highest BCUT2D eigenvalue weighted by atomic mass is 16.5. The van der Waals surface area contributed by atoms with E-state index in [0.717, 1.165) is 5.56 Å². The number of hydrogen-bond donors (Lipinski definition) is 1. The zero-order valence-corrected chi connectivity index (χ0v) is 13.7. The van der Waals surface area contributed by atoms with Crippen molar-refractivity contribution in [2.75, 3.05) is 4.90 Å². The number of hydrogen-bond acceptors (Lipinski definition) is 3. The maximum atomic E-state index is 12.6. The summed E-state index contributed by atoms with van der Waals surface area (Å²) in [4.78, 5) is 26.0. The zero-order chi connectivity index (χ0) is 17.1. The van der Waals surface area contributed by atoms with Crippen molar-refractivity contribution in [3.05, 3.63) is 60.2 Å². The molecule has 5 heteroatoms. The predicted molar refractivity (Wildman–Crippen MR) is 92.2 cm³/mol. The van der Waals surface area contributed by atoms with E-state index >= 15 is 0 Å². The monoisotopic (exact) mass is 324 g/mol. The second-order valence-corrected chi connectivity index (χ2v) is 6.03. The molecule has 0 aliphatic carbocycles. The molecule has 0 saturated carbocycles. The van der Waals surface area contributed by atoms with Gasteiger partial charge in [-0.15, -0.1) is 0 Å². The minimum atomic E-state index is -0.536. The van der Waals surface area contributed by atoms with Gasteiger partial charge in [0.15, 0.2) is 0 Å². The number of nitrogens with zero attached hydrogens (tertiary/aromatic N) is 1. The molecule has 24 heavy (non-hydrogen) atoms. The summed E-state index contributed by atoms with van der Waals surface area (Å²) < 4.78 is 5.58. The standard InChI is InChI=1S/C19H20N2O3/c1-13(2)24-16-10-8-15(9-11-16)21-18(22)17(20-19(21)23)12-14-6-4-3-5-7-14/h3-11,13,17H,12H2,1-2H3,(H,20,23). The first-order chi connectivity index (χ1) is 11.5. The van der Waals surface area contributed by atoms with E-state index in [1.807, 2.05) is 44.2 Å². The highest BCUT2D eigenvalue weighted by Gasteiger charge is 2.38. The normalized spacial score (nSPS) is 17.3. The van der Waals surface area contributed by atoms with Crippen molar-refractivity contribution in [1.29, 1.82) is 0 Å². The molecule has 1 heterocycles. The van der Waals surface area contributed by atoms with Gasteiger partial charge < -0.3 is 10.1 Å². The van der Waals surface area contributed by atoms with Gasteiger partial charge in [-0.1, -0.05) is 30.3 Å². The lowest BCUT2D eigenvalue weighted by Gasteiger charge is -2.15. The van der Waals surface area contributed by atoms with E-state index < -0.39 is 12.1 Å². The smallest absolute Gasteiger partial charge is 0.329 e. The van der Waals surface area contributed by atoms with Crippen molar-refractivity contribution in [2.45, 2.75) is 32.4 Å². The molecule has 1 aliphatic heterocycles. The number of carbonyl (C=O) groups is 2. The highest BCUT2D eigenvalue weighted by molar-refractivity contribution is 6.21. The molecule has 1 fully saturated rings. The number of benzene rings is 2. The Morgan fingerprint density at radius 3 is 2.33 bits per heavy atom. The number of urea groups is 1. The fourth-order valence-electron chi connectivity index (χ4n) is 2.71. The number of anilines is 1. The van der Waals surface area contributed by atoms with Crippen molar-refractivity contribution >= 4 is 17.6 Å². The maximum Gasteiger partial charge on any atom is 0.329 e. The third-order valence-electron chi connectivity index (χ3n) is 3.77. The summed E-state index contributed by atoms with van der Waals surface area (Å²) in [5.41, 5.74) is 1.56. The second kappa shape index (κ2) is 6.74. The van der Waals surface area contributed by atoms with Crippen LogP contribution in [0.1, 0.15) is 19.4 Å². The van der Waals surface area contributed by atoms with Crippen LogP contribution in [0.5, 0.6) is 5.75 Å². The van der Waals surface area contributed by atoms with Crippen LogP contribution in [0.2, 0.25) is 0 Å². The van der Waals surface area contributed by atoms with Crippen LogP contribution < -0.4 is 15.0 Å². The summed E-state index contributed by atoms with van der Waals surface area (Å²) in [5, 5.41) is 2.75. The molecular formula is C19H20N2O3. The van der Waals surface area contributed by atoms with Gasteiger partial charge in [0, 0.05) is 6.42 Å². The van der Waals surface area contributed by atoms with Gasteiger partial charge in [0.1, 0.15) is 11.8 Å². The van der Waals surface area contributed by atoms with Crippen LogP contribution in [0.15, 0.2) is 54.6 Å². The Kier molecular flexibility index (Phi) is 4.51. The van der Waals surface area contributed by atoms with Gasteiger partial charge in [-0.3, -0.25) is 4.79 Å². The lowest BCUT2D eigenvalue weighted by atomic mass is 10.1. The van der Waals surface area contributed by atoms with Gasteiger partial charge in [0.25, 0.3) is 5.91 Å². The van der Waals surface area contributed by atoms with Crippen LogP contribution >= 0.6 is 0 Å². The lowest BCUT2D eigenvalue weighted by molar-refractivity contribution is -0.118. The summed E-state index contributed by atoms with van der Waals surface area (Å²) in [6.45, 7) is 3.89. The fraction of sp³-hybridized carbons (Fsp3) is 0.263. The lowest BCUT2D eigenvalue weighted by Crippen LogP contribution is -2.32.